The Kier molecular flexibility index (Phi) is 4.67. The molecule has 0 atom stereocenters. The van der Waals surface area contributed by atoms with Gasteiger partial charge in [-0.25, -0.2) is 9.97 Å². The molecule has 0 aromatic carbocycles. The highest BCUT2D eigenvalue weighted by atomic mass is 16.3. The Bertz CT molecular complexity index is 745. The van der Waals surface area contributed by atoms with Gasteiger partial charge in [0.05, 0.1) is 18.5 Å². The van der Waals surface area contributed by atoms with Gasteiger partial charge in [-0.3, -0.25) is 9.69 Å². The van der Waals surface area contributed by atoms with Crippen LogP contribution in [0.25, 0.3) is 11.2 Å². The third-order valence-electron chi connectivity index (χ3n) is 5.45. The molecule has 1 amide bonds. The molecule has 25 heavy (non-hydrogen) atoms. The number of fused-ring (bicyclic) bond motifs is 1. The molecule has 7 nitrogen and oxygen atoms in total. The van der Waals surface area contributed by atoms with Crippen LogP contribution in [-0.4, -0.2) is 74.7 Å². The maximum Gasteiger partial charge on any atom is 0.255 e. The topological polar surface area (TPSA) is 74.5 Å². The van der Waals surface area contributed by atoms with Gasteiger partial charge >= 0.3 is 0 Å². The predicted molar refractivity (Wildman–Crippen MR) is 94.5 cm³/mol. The van der Waals surface area contributed by atoms with Crippen molar-refractivity contribution in [1.29, 1.82) is 0 Å². The van der Waals surface area contributed by atoms with Gasteiger partial charge in [0.2, 0.25) is 0 Å². The van der Waals surface area contributed by atoms with E-state index in [9.17, 15) is 4.79 Å². The van der Waals surface area contributed by atoms with Crippen LogP contribution in [0.15, 0.2) is 18.6 Å². The minimum atomic E-state index is 0.0217. The number of hydrogen-bond donors (Lipinski definition) is 1. The van der Waals surface area contributed by atoms with Crippen LogP contribution in [0.4, 0.5) is 0 Å². The second-order valence-electron chi connectivity index (χ2n) is 7.01. The summed E-state index contributed by atoms with van der Waals surface area (Å²) in [6, 6.07) is 2.37. The van der Waals surface area contributed by atoms with Crippen molar-refractivity contribution in [3.8, 4) is 0 Å². The van der Waals surface area contributed by atoms with Crippen LogP contribution >= 0.6 is 0 Å². The molecule has 0 bridgehead atoms. The summed E-state index contributed by atoms with van der Waals surface area (Å²) in [7, 11) is 0. The Morgan fingerprint density at radius 1 is 1.16 bits per heavy atom. The first-order valence-electron chi connectivity index (χ1n) is 9.21. The molecule has 1 saturated heterocycles. The lowest BCUT2D eigenvalue weighted by molar-refractivity contribution is 0.0615. The van der Waals surface area contributed by atoms with Gasteiger partial charge in [-0.05, 0) is 18.9 Å². The number of imidazole rings is 1. The van der Waals surface area contributed by atoms with E-state index in [0.29, 0.717) is 31.2 Å². The van der Waals surface area contributed by atoms with E-state index < -0.39 is 0 Å². The first-order chi connectivity index (χ1) is 12.3. The second-order valence-corrected chi connectivity index (χ2v) is 7.01. The Balaban J connectivity index is 1.49. The van der Waals surface area contributed by atoms with Gasteiger partial charge in [0, 0.05) is 45.0 Å². The summed E-state index contributed by atoms with van der Waals surface area (Å²) in [6.07, 6.45) is 8.47. The molecule has 1 N–H and O–H groups in total. The van der Waals surface area contributed by atoms with Crippen molar-refractivity contribution in [2.24, 2.45) is 0 Å². The highest BCUT2D eigenvalue weighted by Crippen LogP contribution is 2.31. The molecule has 0 spiro atoms. The van der Waals surface area contributed by atoms with Crippen molar-refractivity contribution >= 4 is 17.1 Å². The van der Waals surface area contributed by atoms with Gasteiger partial charge < -0.3 is 14.6 Å². The molecule has 3 heterocycles. The van der Waals surface area contributed by atoms with Crippen molar-refractivity contribution in [3.05, 3.63) is 24.2 Å². The second kappa shape index (κ2) is 7.09. The maximum absolute atomic E-state index is 12.8. The summed E-state index contributed by atoms with van der Waals surface area (Å²) in [4.78, 5) is 25.8. The number of piperazine rings is 1. The van der Waals surface area contributed by atoms with Gasteiger partial charge in [0.1, 0.15) is 5.52 Å². The monoisotopic (exact) mass is 343 g/mol. The van der Waals surface area contributed by atoms with Crippen LogP contribution < -0.4 is 0 Å². The van der Waals surface area contributed by atoms with Crippen molar-refractivity contribution in [2.45, 2.75) is 31.7 Å². The molecular formula is C18H25N5O2. The lowest BCUT2D eigenvalue weighted by Crippen LogP contribution is -2.49. The fraction of sp³-hybridized carbons (Fsp3) is 0.611. The molecule has 0 radical (unpaired) electrons. The molecule has 4 rings (SSSR count). The van der Waals surface area contributed by atoms with E-state index in [2.05, 4.69) is 19.4 Å². The maximum atomic E-state index is 12.8. The Hall–Kier alpha value is -1.99. The third-order valence-corrected chi connectivity index (χ3v) is 5.45. The predicted octanol–water partition coefficient (Wildman–Crippen LogP) is 1.30. The lowest BCUT2D eigenvalue weighted by Gasteiger charge is -2.34. The SMILES string of the molecule is O=C(c1cnc2c(c1)ncn2C1CCCC1)N1CCN(CCO)CC1. The third kappa shape index (κ3) is 3.26. The summed E-state index contributed by atoms with van der Waals surface area (Å²) in [5.74, 6) is 0.0217. The van der Waals surface area contributed by atoms with Crippen molar-refractivity contribution in [2.75, 3.05) is 39.3 Å². The number of hydrogen-bond acceptors (Lipinski definition) is 5. The number of nitrogens with zero attached hydrogens (tertiary/aromatic N) is 5. The van der Waals surface area contributed by atoms with E-state index in [-0.39, 0.29) is 12.5 Å². The van der Waals surface area contributed by atoms with Gasteiger partial charge in [-0.2, -0.15) is 0 Å². The van der Waals surface area contributed by atoms with Gasteiger partial charge in [0.15, 0.2) is 5.65 Å². The first kappa shape index (κ1) is 16.5. The quantitative estimate of drug-likeness (QED) is 0.906. The molecule has 134 valence electrons. The number of amides is 1. The smallest absolute Gasteiger partial charge is 0.255 e. The van der Waals surface area contributed by atoms with E-state index in [1.54, 1.807) is 6.20 Å². The Labute approximate surface area is 147 Å². The number of rotatable bonds is 4. The standard InChI is InChI=1S/C18H25N5O2/c24-10-9-21-5-7-22(8-6-21)18(25)14-11-16-17(19-12-14)23(13-20-16)15-3-1-2-4-15/h11-13,15,24H,1-10H2. The molecule has 2 aliphatic rings. The highest BCUT2D eigenvalue weighted by Gasteiger charge is 2.24. The molecule has 7 heteroatoms. The van der Waals surface area contributed by atoms with E-state index in [4.69, 9.17) is 5.11 Å². The molecule has 1 aliphatic carbocycles. The molecule has 2 aromatic heterocycles. The molecular weight excluding hydrogens is 318 g/mol. The van der Waals surface area contributed by atoms with Crippen LogP contribution in [0, 0.1) is 0 Å². The highest BCUT2D eigenvalue weighted by molar-refractivity contribution is 5.96. The zero-order valence-electron chi connectivity index (χ0n) is 14.5. The Morgan fingerprint density at radius 2 is 1.92 bits per heavy atom. The van der Waals surface area contributed by atoms with E-state index in [1.807, 2.05) is 17.3 Å². The van der Waals surface area contributed by atoms with Crippen LogP contribution in [-0.2, 0) is 0 Å². The molecule has 2 fully saturated rings. The number of aliphatic hydroxyl groups is 1. The zero-order valence-corrected chi connectivity index (χ0v) is 14.5. The van der Waals surface area contributed by atoms with Crippen LogP contribution in [0.2, 0.25) is 0 Å². The number of β-amino-alcohol motifs (C(OH)–C–C–N with tert-alkyl or cyclic N) is 1. The summed E-state index contributed by atoms with van der Waals surface area (Å²) >= 11 is 0. The largest absolute Gasteiger partial charge is 0.395 e. The van der Waals surface area contributed by atoms with E-state index >= 15 is 0 Å². The van der Waals surface area contributed by atoms with Crippen LogP contribution in [0.3, 0.4) is 0 Å². The Morgan fingerprint density at radius 3 is 2.64 bits per heavy atom. The summed E-state index contributed by atoms with van der Waals surface area (Å²) in [5, 5.41) is 9.01. The number of aromatic nitrogens is 3. The molecule has 2 aromatic rings. The fourth-order valence-corrected chi connectivity index (χ4v) is 3.98. The molecule has 0 unspecified atom stereocenters. The van der Waals surface area contributed by atoms with Crippen LogP contribution in [0.1, 0.15) is 42.1 Å². The first-order valence-corrected chi connectivity index (χ1v) is 9.21. The summed E-state index contributed by atoms with van der Waals surface area (Å²) < 4.78 is 2.17. The van der Waals surface area contributed by atoms with E-state index in [1.165, 1.54) is 25.7 Å². The fourth-order valence-electron chi connectivity index (χ4n) is 3.98. The number of aliphatic hydroxyl groups excluding tert-OH is 1. The van der Waals surface area contributed by atoms with Crippen LogP contribution in [0.5, 0.6) is 0 Å². The normalized spacial score (nSPS) is 19.8. The summed E-state index contributed by atoms with van der Waals surface area (Å²) in [6.45, 7) is 3.82. The van der Waals surface area contributed by atoms with Crippen molar-refractivity contribution in [1.82, 2.24) is 24.3 Å². The average molecular weight is 343 g/mol. The molecule has 1 saturated carbocycles. The minimum absolute atomic E-state index is 0.0217. The van der Waals surface area contributed by atoms with Crippen molar-refractivity contribution in [3.63, 3.8) is 0 Å². The summed E-state index contributed by atoms with van der Waals surface area (Å²) in [5.41, 5.74) is 2.30. The average Bonchev–Trinajstić information content (AvgIpc) is 3.30. The minimum Gasteiger partial charge on any atom is -0.395 e. The van der Waals surface area contributed by atoms with E-state index in [0.717, 1.165) is 24.3 Å². The van der Waals surface area contributed by atoms with Gasteiger partial charge in [0.25, 0.3) is 5.91 Å². The number of pyridine rings is 1. The zero-order chi connectivity index (χ0) is 17.2. The molecule has 1 aliphatic heterocycles. The number of carbonyl (C=O) groups is 1. The van der Waals surface area contributed by atoms with Gasteiger partial charge in [-0.15, -0.1) is 0 Å². The lowest BCUT2D eigenvalue weighted by atomic mass is 10.2. The number of carbonyl (C=O) groups excluding carboxylic acids is 1. The van der Waals surface area contributed by atoms with Gasteiger partial charge in [-0.1, -0.05) is 12.8 Å². The van der Waals surface area contributed by atoms with Crippen molar-refractivity contribution < 1.29 is 9.90 Å².